The molecule has 0 saturated carbocycles. The number of amides is 1. The van der Waals surface area contributed by atoms with Gasteiger partial charge in [0.05, 0.1) is 23.6 Å². The third kappa shape index (κ3) is 5.44. The summed E-state index contributed by atoms with van der Waals surface area (Å²) in [6.45, 7) is 0.0194. The number of nitrogens with zero attached hydrogens (tertiary/aromatic N) is 1. The number of nitrogens with one attached hydrogen (secondary N) is 1. The van der Waals surface area contributed by atoms with Crippen molar-refractivity contribution < 1.29 is 27.4 Å². The van der Waals surface area contributed by atoms with Crippen molar-refractivity contribution in [1.29, 1.82) is 0 Å². The molecule has 1 aliphatic rings. The third-order valence-electron chi connectivity index (χ3n) is 5.21. The van der Waals surface area contributed by atoms with Gasteiger partial charge < -0.3 is 19.5 Å². The second-order valence-electron chi connectivity index (χ2n) is 7.52. The quantitative estimate of drug-likeness (QED) is 0.480. The van der Waals surface area contributed by atoms with Gasteiger partial charge in [-0.15, -0.1) is 0 Å². The fraction of sp³-hybridized carbons (Fsp3) is 0.208. The first-order valence-corrected chi connectivity index (χ1v) is 12.2. The zero-order valence-electron chi connectivity index (χ0n) is 18.4. The molecule has 34 heavy (non-hydrogen) atoms. The highest BCUT2D eigenvalue weighted by molar-refractivity contribution is 7.89. The molecule has 1 heterocycles. The van der Waals surface area contributed by atoms with Crippen LogP contribution in [0.15, 0.2) is 71.6 Å². The normalized spacial score (nSPS) is 12.6. The van der Waals surface area contributed by atoms with Gasteiger partial charge in [-0.3, -0.25) is 4.79 Å². The van der Waals surface area contributed by atoms with Gasteiger partial charge in [0, 0.05) is 13.1 Å². The van der Waals surface area contributed by atoms with Crippen molar-refractivity contribution in [3.63, 3.8) is 0 Å². The number of ether oxygens (including phenoxy) is 3. The molecule has 4 rings (SSSR count). The molecule has 0 unspecified atom stereocenters. The summed E-state index contributed by atoms with van der Waals surface area (Å²) in [5.74, 6) is 1.17. The predicted molar refractivity (Wildman–Crippen MR) is 126 cm³/mol. The van der Waals surface area contributed by atoms with Crippen LogP contribution in [0, 0.1) is 0 Å². The van der Waals surface area contributed by atoms with Gasteiger partial charge in [0.15, 0.2) is 11.5 Å². The number of hydrogen-bond donors (Lipinski definition) is 1. The summed E-state index contributed by atoms with van der Waals surface area (Å²) < 4.78 is 43.8. The van der Waals surface area contributed by atoms with Gasteiger partial charge in [-0.25, -0.2) is 8.42 Å². The summed E-state index contributed by atoms with van der Waals surface area (Å²) in [7, 11) is -2.59. The lowest BCUT2D eigenvalue weighted by Crippen LogP contribution is -2.40. The lowest BCUT2D eigenvalue weighted by Gasteiger charge is -2.22. The van der Waals surface area contributed by atoms with E-state index in [1.165, 1.54) is 25.3 Å². The molecule has 3 aromatic carbocycles. The summed E-state index contributed by atoms with van der Waals surface area (Å²) >= 11 is 6.16. The second kappa shape index (κ2) is 10.3. The zero-order valence-corrected chi connectivity index (χ0v) is 19.9. The Morgan fingerprint density at radius 3 is 2.53 bits per heavy atom. The van der Waals surface area contributed by atoms with Crippen LogP contribution in [0.1, 0.15) is 11.1 Å². The van der Waals surface area contributed by atoms with E-state index >= 15 is 0 Å². The fourth-order valence-corrected chi connectivity index (χ4v) is 5.17. The van der Waals surface area contributed by atoms with E-state index in [0.29, 0.717) is 17.2 Å². The monoisotopic (exact) mass is 502 g/mol. The number of carbonyl (C=O) groups excluding carboxylic acids is 1. The van der Waals surface area contributed by atoms with Crippen molar-refractivity contribution in [3.8, 4) is 17.2 Å². The molecular weight excluding hydrogens is 480 g/mol. The summed E-state index contributed by atoms with van der Waals surface area (Å²) in [5.41, 5.74) is 1.55. The van der Waals surface area contributed by atoms with E-state index in [-0.39, 0.29) is 36.3 Å². The number of rotatable bonds is 9. The topological polar surface area (TPSA) is 94.2 Å². The van der Waals surface area contributed by atoms with Gasteiger partial charge in [-0.1, -0.05) is 48.0 Å². The number of halogens is 1. The molecule has 0 saturated heterocycles. The second-order valence-corrected chi connectivity index (χ2v) is 9.86. The smallest absolute Gasteiger partial charge is 0.243 e. The van der Waals surface area contributed by atoms with Crippen LogP contribution in [0.5, 0.6) is 17.2 Å². The highest BCUT2D eigenvalue weighted by atomic mass is 35.5. The van der Waals surface area contributed by atoms with E-state index < -0.39 is 15.9 Å². The molecule has 0 fully saturated rings. The molecule has 0 aromatic heterocycles. The lowest BCUT2D eigenvalue weighted by atomic mass is 10.2. The van der Waals surface area contributed by atoms with Gasteiger partial charge in [0.1, 0.15) is 5.75 Å². The molecule has 3 aromatic rings. The van der Waals surface area contributed by atoms with Crippen LogP contribution in [-0.2, 0) is 27.9 Å². The fourth-order valence-electron chi connectivity index (χ4n) is 3.44. The Balaban J connectivity index is 1.52. The SMILES string of the molecule is COc1ccc(S(=O)(=O)N(CC(=O)NCc2ccc3c(c2)OCO3)Cc2ccccc2)cc1Cl. The summed E-state index contributed by atoms with van der Waals surface area (Å²) in [6.07, 6.45) is 0. The first-order valence-electron chi connectivity index (χ1n) is 10.4. The number of methoxy groups -OCH3 is 1. The van der Waals surface area contributed by atoms with E-state index in [4.69, 9.17) is 25.8 Å². The van der Waals surface area contributed by atoms with E-state index in [1.807, 2.05) is 24.3 Å². The number of benzene rings is 3. The van der Waals surface area contributed by atoms with Crippen LogP contribution in [0.4, 0.5) is 0 Å². The Hall–Kier alpha value is -3.27. The molecule has 0 bridgehead atoms. The molecule has 1 N–H and O–H groups in total. The molecule has 1 amide bonds. The Morgan fingerprint density at radius 2 is 1.79 bits per heavy atom. The van der Waals surface area contributed by atoms with Gasteiger partial charge in [-0.05, 0) is 41.5 Å². The zero-order chi connectivity index (χ0) is 24.1. The summed E-state index contributed by atoms with van der Waals surface area (Å²) in [5, 5.41) is 2.93. The molecule has 0 spiro atoms. The lowest BCUT2D eigenvalue weighted by molar-refractivity contribution is -0.121. The molecule has 1 aliphatic heterocycles. The van der Waals surface area contributed by atoms with Crippen molar-refractivity contribution >= 4 is 27.5 Å². The molecular formula is C24H23ClN2O6S. The Bertz CT molecular complexity index is 1280. The van der Waals surface area contributed by atoms with Crippen molar-refractivity contribution in [1.82, 2.24) is 9.62 Å². The average molecular weight is 503 g/mol. The van der Waals surface area contributed by atoms with Crippen molar-refractivity contribution in [2.24, 2.45) is 0 Å². The first-order chi connectivity index (χ1) is 16.4. The minimum absolute atomic E-state index is 0.0181. The first kappa shape index (κ1) is 23.9. The van der Waals surface area contributed by atoms with Crippen LogP contribution in [0.2, 0.25) is 5.02 Å². The van der Waals surface area contributed by atoms with E-state index in [2.05, 4.69) is 5.32 Å². The van der Waals surface area contributed by atoms with Crippen LogP contribution in [-0.4, -0.2) is 39.1 Å². The largest absolute Gasteiger partial charge is 0.495 e. The molecule has 0 atom stereocenters. The molecule has 178 valence electrons. The van der Waals surface area contributed by atoms with Crippen LogP contribution >= 0.6 is 11.6 Å². The molecule has 0 radical (unpaired) electrons. The van der Waals surface area contributed by atoms with E-state index in [1.54, 1.807) is 24.3 Å². The maximum Gasteiger partial charge on any atom is 0.243 e. The van der Waals surface area contributed by atoms with E-state index in [9.17, 15) is 13.2 Å². The van der Waals surface area contributed by atoms with Gasteiger partial charge >= 0.3 is 0 Å². The summed E-state index contributed by atoms with van der Waals surface area (Å²) in [6, 6.07) is 18.6. The maximum absolute atomic E-state index is 13.4. The number of carbonyl (C=O) groups is 1. The Kier molecular flexibility index (Phi) is 7.26. The highest BCUT2D eigenvalue weighted by Gasteiger charge is 2.28. The Morgan fingerprint density at radius 1 is 1.03 bits per heavy atom. The van der Waals surface area contributed by atoms with Crippen LogP contribution < -0.4 is 19.5 Å². The number of fused-ring (bicyclic) bond motifs is 1. The minimum Gasteiger partial charge on any atom is -0.495 e. The molecule has 0 aliphatic carbocycles. The maximum atomic E-state index is 13.4. The van der Waals surface area contributed by atoms with Crippen molar-refractivity contribution in [2.45, 2.75) is 18.0 Å². The Labute approximate surface area is 203 Å². The number of hydrogen-bond acceptors (Lipinski definition) is 6. The minimum atomic E-state index is -4.04. The van der Waals surface area contributed by atoms with Crippen molar-refractivity contribution in [3.05, 3.63) is 82.9 Å². The van der Waals surface area contributed by atoms with Gasteiger partial charge in [0.2, 0.25) is 22.7 Å². The van der Waals surface area contributed by atoms with Gasteiger partial charge in [0.25, 0.3) is 0 Å². The average Bonchev–Trinajstić information content (AvgIpc) is 3.31. The molecule has 8 nitrogen and oxygen atoms in total. The van der Waals surface area contributed by atoms with Gasteiger partial charge in [-0.2, -0.15) is 4.31 Å². The van der Waals surface area contributed by atoms with Crippen molar-refractivity contribution in [2.75, 3.05) is 20.4 Å². The highest BCUT2D eigenvalue weighted by Crippen LogP contribution is 2.32. The predicted octanol–water partition coefficient (Wildman–Crippen LogP) is 3.58. The standard InChI is InChI=1S/C24H23ClN2O6S/c1-31-21-10-8-19(12-20(21)25)34(29,30)27(14-17-5-3-2-4-6-17)15-24(28)26-13-18-7-9-22-23(11-18)33-16-32-22/h2-12H,13-16H2,1H3,(H,26,28). The number of sulfonamides is 1. The molecule has 10 heteroatoms. The summed E-state index contributed by atoms with van der Waals surface area (Å²) in [4.78, 5) is 12.7. The van der Waals surface area contributed by atoms with Crippen LogP contribution in [0.3, 0.4) is 0 Å². The van der Waals surface area contributed by atoms with E-state index in [0.717, 1.165) is 15.4 Å². The van der Waals surface area contributed by atoms with Crippen LogP contribution in [0.25, 0.3) is 0 Å². The third-order valence-corrected chi connectivity index (χ3v) is 7.29.